The van der Waals surface area contributed by atoms with Crippen molar-refractivity contribution in [1.82, 2.24) is 14.7 Å². The van der Waals surface area contributed by atoms with Gasteiger partial charge < -0.3 is 14.9 Å². The molecule has 2 aromatic carbocycles. The Balaban J connectivity index is 1.58. The van der Waals surface area contributed by atoms with Gasteiger partial charge in [0.05, 0.1) is 29.1 Å². The van der Waals surface area contributed by atoms with E-state index in [4.69, 9.17) is 0 Å². The number of piperazine rings is 1. The predicted octanol–water partition coefficient (Wildman–Crippen LogP) is 7.53. The van der Waals surface area contributed by atoms with Gasteiger partial charge in [-0.15, -0.1) is 0 Å². The van der Waals surface area contributed by atoms with Crippen molar-refractivity contribution >= 4 is 12.0 Å². The first-order valence-corrected chi connectivity index (χ1v) is 14.5. The molecule has 2 amide bonds. The second-order valence-electron chi connectivity index (χ2n) is 11.9. The van der Waals surface area contributed by atoms with Crippen molar-refractivity contribution in [3.05, 3.63) is 70.0 Å². The van der Waals surface area contributed by atoms with Crippen LogP contribution in [0.3, 0.4) is 0 Å². The molecule has 1 heterocycles. The molecule has 44 heavy (non-hydrogen) atoms. The molecule has 2 aliphatic rings. The molecule has 0 spiro atoms. The number of amides is 2. The monoisotopic (exact) mass is 631 g/mol. The number of rotatable bonds is 6. The highest BCUT2D eigenvalue weighted by molar-refractivity contribution is 5.75. The normalized spacial score (nSPS) is 22.5. The summed E-state index contributed by atoms with van der Waals surface area (Å²) in [5, 5.41) is 9.31. The molecule has 13 heteroatoms. The van der Waals surface area contributed by atoms with Crippen molar-refractivity contribution in [3.63, 3.8) is 0 Å². The van der Waals surface area contributed by atoms with Crippen molar-refractivity contribution in [1.29, 1.82) is 0 Å². The van der Waals surface area contributed by atoms with Crippen LogP contribution in [0, 0.1) is 24.6 Å². The summed E-state index contributed by atoms with van der Waals surface area (Å²) in [6.07, 6.45) is -7.35. The highest BCUT2D eigenvalue weighted by atomic mass is 19.4. The molecule has 0 bridgehead atoms. The van der Waals surface area contributed by atoms with Crippen LogP contribution in [0.5, 0.6) is 0 Å². The number of alkyl halides is 6. The van der Waals surface area contributed by atoms with Crippen molar-refractivity contribution in [3.8, 4) is 0 Å². The van der Waals surface area contributed by atoms with Crippen molar-refractivity contribution in [2.45, 2.75) is 64.0 Å². The zero-order chi connectivity index (χ0) is 32.6. The highest BCUT2D eigenvalue weighted by Crippen LogP contribution is 2.39. The van der Waals surface area contributed by atoms with Gasteiger partial charge in [-0.05, 0) is 92.5 Å². The second kappa shape index (κ2) is 12.9. The Bertz CT molecular complexity index is 1320. The number of carboxylic acids is 1. The summed E-state index contributed by atoms with van der Waals surface area (Å²) in [6, 6.07) is 3.24. The van der Waals surface area contributed by atoms with Gasteiger partial charge in [0.15, 0.2) is 0 Å². The molecule has 1 saturated heterocycles. The number of benzene rings is 2. The molecule has 2 fully saturated rings. The maximum atomic E-state index is 14.0. The average molecular weight is 632 g/mol. The van der Waals surface area contributed by atoms with E-state index in [0.29, 0.717) is 55.7 Å². The van der Waals surface area contributed by atoms with E-state index < -0.39 is 53.4 Å². The van der Waals surface area contributed by atoms with E-state index in [9.17, 15) is 45.4 Å². The largest absolute Gasteiger partial charge is 0.481 e. The van der Waals surface area contributed by atoms with E-state index >= 15 is 0 Å². The molecule has 0 radical (unpaired) electrons. The third-order valence-corrected chi connectivity index (χ3v) is 8.99. The Morgan fingerprint density at radius 2 is 1.55 bits per heavy atom. The topological polar surface area (TPSA) is 64.1 Å². The molecule has 1 aliphatic heterocycles. The Labute approximate surface area is 251 Å². The van der Waals surface area contributed by atoms with Crippen LogP contribution >= 0.6 is 0 Å². The number of carbonyl (C=O) groups excluding carboxylic acids is 1. The van der Waals surface area contributed by atoms with Gasteiger partial charge in [0.1, 0.15) is 5.82 Å². The molecule has 1 unspecified atom stereocenters. The third kappa shape index (κ3) is 7.65. The summed E-state index contributed by atoms with van der Waals surface area (Å²) in [6.45, 7) is 4.82. The maximum absolute atomic E-state index is 14.0. The van der Waals surface area contributed by atoms with Gasteiger partial charge in [0.25, 0.3) is 0 Å². The third-order valence-electron chi connectivity index (χ3n) is 8.99. The van der Waals surface area contributed by atoms with Crippen LogP contribution in [-0.4, -0.2) is 65.0 Å². The van der Waals surface area contributed by atoms with Crippen molar-refractivity contribution in [2.75, 3.05) is 33.2 Å². The summed E-state index contributed by atoms with van der Waals surface area (Å²) in [7, 11) is 1.34. The Hall–Kier alpha value is -3.35. The van der Waals surface area contributed by atoms with E-state index in [2.05, 4.69) is 4.90 Å². The van der Waals surface area contributed by atoms with E-state index in [-0.39, 0.29) is 30.0 Å². The lowest BCUT2D eigenvalue weighted by Crippen LogP contribution is -2.54. The number of hydrogen-bond donors (Lipinski definition) is 1. The van der Waals surface area contributed by atoms with E-state index in [0.717, 1.165) is 17.7 Å². The molecule has 1 aliphatic carbocycles. The number of carboxylic acid groups (broad SMARTS) is 1. The molecule has 1 saturated carbocycles. The minimum Gasteiger partial charge on any atom is -0.481 e. The minimum atomic E-state index is -5.02. The van der Waals surface area contributed by atoms with Gasteiger partial charge in [-0.1, -0.05) is 6.07 Å². The Kier molecular flexibility index (Phi) is 9.87. The molecular formula is C31H36F7N3O3. The first-order valence-electron chi connectivity index (χ1n) is 14.5. The van der Waals surface area contributed by atoms with E-state index in [1.165, 1.54) is 31.0 Å². The number of carbonyl (C=O) groups is 2. The van der Waals surface area contributed by atoms with E-state index in [1.54, 1.807) is 13.0 Å². The molecular weight excluding hydrogens is 595 g/mol. The van der Waals surface area contributed by atoms with Gasteiger partial charge in [-0.3, -0.25) is 9.69 Å². The predicted molar refractivity (Wildman–Crippen MR) is 148 cm³/mol. The first-order chi connectivity index (χ1) is 20.5. The number of urea groups is 1. The lowest BCUT2D eigenvalue weighted by atomic mass is 9.81. The molecule has 2 aromatic rings. The van der Waals surface area contributed by atoms with Crippen LogP contribution in [0.15, 0.2) is 36.4 Å². The number of hydrogen-bond acceptors (Lipinski definition) is 3. The minimum absolute atomic E-state index is 0.0543. The zero-order valence-corrected chi connectivity index (χ0v) is 24.7. The number of aryl methyl sites for hydroxylation is 1. The summed E-state index contributed by atoms with van der Waals surface area (Å²) < 4.78 is 95.0. The van der Waals surface area contributed by atoms with Crippen molar-refractivity contribution in [2.24, 2.45) is 11.8 Å². The summed E-state index contributed by atoms with van der Waals surface area (Å²) >= 11 is 0. The summed E-state index contributed by atoms with van der Waals surface area (Å²) in [5.74, 6) is -1.32. The van der Waals surface area contributed by atoms with Gasteiger partial charge in [-0.2, -0.15) is 26.3 Å². The standard InChI is InChI=1S/C31H36F7N3O3/c1-18-12-25(32)8-9-26(18)27-17-40(16-20-4-6-21(7-5-20)28(42)43)10-11-41(27)29(44)39(3)19(2)22-13-23(30(33,34)35)15-24(14-22)31(36,37)38/h8-9,12-15,19-21,27H,4-7,10-11,16-17H2,1-3H3,(H,42,43)/t19-,20?,21?,27?/m1/s1. The summed E-state index contributed by atoms with van der Waals surface area (Å²) in [4.78, 5) is 30.1. The second-order valence-corrected chi connectivity index (χ2v) is 11.9. The average Bonchev–Trinajstić information content (AvgIpc) is 2.95. The van der Waals surface area contributed by atoms with E-state index in [1.807, 2.05) is 0 Å². The smallest absolute Gasteiger partial charge is 0.416 e. The highest BCUT2D eigenvalue weighted by Gasteiger charge is 2.40. The molecule has 4 rings (SSSR count). The Morgan fingerprint density at radius 1 is 0.955 bits per heavy atom. The SMILES string of the molecule is Cc1cc(F)ccc1C1CN(CC2CCC(C(=O)O)CC2)CCN1C(=O)N(C)[C@H](C)c1cc(C(F)(F)F)cc(C(F)(F)F)c1. The lowest BCUT2D eigenvalue weighted by Gasteiger charge is -2.45. The quantitative estimate of drug-likeness (QED) is 0.335. The molecule has 1 N–H and O–H groups in total. The van der Waals surface area contributed by atoms with Gasteiger partial charge in [0, 0.05) is 33.2 Å². The van der Waals surface area contributed by atoms with Gasteiger partial charge >= 0.3 is 24.4 Å². The molecule has 0 aromatic heterocycles. The van der Waals surface area contributed by atoms with Crippen LogP contribution in [0.4, 0.5) is 35.5 Å². The molecule has 242 valence electrons. The fraction of sp³-hybridized carbons (Fsp3) is 0.548. The maximum Gasteiger partial charge on any atom is 0.416 e. The van der Waals surface area contributed by atoms with Crippen LogP contribution < -0.4 is 0 Å². The number of aliphatic carboxylic acids is 1. The Morgan fingerprint density at radius 3 is 2.07 bits per heavy atom. The fourth-order valence-corrected chi connectivity index (χ4v) is 6.28. The molecule has 2 atom stereocenters. The van der Waals surface area contributed by atoms with Crippen LogP contribution in [0.1, 0.15) is 72.5 Å². The summed E-state index contributed by atoms with van der Waals surface area (Å²) in [5.41, 5.74) is -1.95. The lowest BCUT2D eigenvalue weighted by molar-refractivity contribution is -0.144. The van der Waals surface area contributed by atoms with Gasteiger partial charge in [0.2, 0.25) is 0 Å². The van der Waals surface area contributed by atoms with Crippen LogP contribution in [0.2, 0.25) is 0 Å². The molecule has 6 nitrogen and oxygen atoms in total. The zero-order valence-electron chi connectivity index (χ0n) is 24.7. The number of nitrogens with zero attached hydrogens (tertiary/aromatic N) is 3. The number of halogens is 7. The van der Waals surface area contributed by atoms with Gasteiger partial charge in [-0.25, -0.2) is 9.18 Å². The van der Waals surface area contributed by atoms with Crippen LogP contribution in [0.25, 0.3) is 0 Å². The fourth-order valence-electron chi connectivity index (χ4n) is 6.28. The van der Waals surface area contributed by atoms with Crippen LogP contribution in [-0.2, 0) is 17.1 Å². The first kappa shape index (κ1) is 33.5. The van der Waals surface area contributed by atoms with Crippen molar-refractivity contribution < 1.29 is 45.4 Å².